The van der Waals surface area contributed by atoms with Crippen molar-refractivity contribution in [2.45, 2.75) is 40.2 Å². The minimum absolute atomic E-state index is 0.174. The van der Waals surface area contributed by atoms with Gasteiger partial charge in [0.15, 0.2) is 11.6 Å². The minimum Gasteiger partial charge on any atom is -0.494 e. The zero-order valence-electron chi connectivity index (χ0n) is 12.0. The Morgan fingerprint density at radius 3 is 2.44 bits per heavy atom. The third-order valence-electron chi connectivity index (χ3n) is 3.70. The molecule has 3 heteroatoms. The molecule has 102 valence electrons. The van der Waals surface area contributed by atoms with E-state index in [2.05, 4.69) is 27.7 Å². The number of hydrogen-bond acceptors (Lipinski definition) is 2. The first-order valence-electron chi connectivity index (χ1n) is 6.35. The van der Waals surface area contributed by atoms with Crippen molar-refractivity contribution in [2.24, 2.45) is 17.1 Å². The summed E-state index contributed by atoms with van der Waals surface area (Å²) in [6, 6.07) is 4.82. The summed E-state index contributed by atoms with van der Waals surface area (Å²) in [4.78, 5) is 0. The molecule has 0 aromatic heterocycles. The van der Waals surface area contributed by atoms with E-state index in [-0.39, 0.29) is 23.0 Å². The van der Waals surface area contributed by atoms with Gasteiger partial charge in [-0.3, -0.25) is 0 Å². The second-order valence-electron chi connectivity index (χ2n) is 5.97. The molecular formula is C15H24FNO. The average molecular weight is 253 g/mol. The lowest BCUT2D eigenvalue weighted by Gasteiger charge is -2.29. The fourth-order valence-electron chi connectivity index (χ4n) is 1.83. The van der Waals surface area contributed by atoms with Gasteiger partial charge in [0, 0.05) is 11.6 Å². The van der Waals surface area contributed by atoms with E-state index in [1.165, 1.54) is 7.11 Å². The normalized spacial score (nSPS) is 15.3. The van der Waals surface area contributed by atoms with Crippen LogP contribution in [0.5, 0.6) is 5.75 Å². The van der Waals surface area contributed by atoms with Crippen LogP contribution in [0.2, 0.25) is 0 Å². The molecule has 2 N–H and O–H groups in total. The van der Waals surface area contributed by atoms with Gasteiger partial charge in [-0.1, -0.05) is 39.8 Å². The van der Waals surface area contributed by atoms with Crippen LogP contribution in [-0.4, -0.2) is 7.11 Å². The van der Waals surface area contributed by atoms with Gasteiger partial charge in [0.1, 0.15) is 0 Å². The number of rotatable bonds is 4. The molecule has 0 aliphatic rings. The molecule has 0 aliphatic carbocycles. The number of hydrogen-bond donors (Lipinski definition) is 1. The van der Waals surface area contributed by atoms with Crippen LogP contribution in [0.25, 0.3) is 0 Å². The van der Waals surface area contributed by atoms with Crippen LogP contribution in [0.15, 0.2) is 18.2 Å². The number of methoxy groups -OCH3 is 1. The Morgan fingerprint density at radius 2 is 1.94 bits per heavy atom. The van der Waals surface area contributed by atoms with Crippen molar-refractivity contribution in [1.29, 1.82) is 0 Å². The lowest BCUT2D eigenvalue weighted by atomic mass is 9.77. The Labute approximate surface area is 109 Å². The van der Waals surface area contributed by atoms with Gasteiger partial charge in [0.2, 0.25) is 0 Å². The molecule has 0 spiro atoms. The lowest BCUT2D eigenvalue weighted by molar-refractivity contribution is 0.232. The van der Waals surface area contributed by atoms with Crippen LogP contribution in [0, 0.1) is 17.2 Å². The third-order valence-corrected chi connectivity index (χ3v) is 3.70. The summed E-state index contributed by atoms with van der Waals surface area (Å²) in [5.74, 6) is 0.332. The quantitative estimate of drug-likeness (QED) is 0.883. The Kier molecular flexibility index (Phi) is 4.74. The van der Waals surface area contributed by atoms with Crippen molar-refractivity contribution in [3.8, 4) is 5.75 Å². The highest BCUT2D eigenvalue weighted by Crippen LogP contribution is 2.34. The molecule has 2 unspecified atom stereocenters. The predicted molar refractivity (Wildman–Crippen MR) is 73.1 cm³/mol. The maximum Gasteiger partial charge on any atom is 0.169 e. The number of ether oxygens (including phenoxy) is 1. The van der Waals surface area contributed by atoms with Crippen LogP contribution in [0.3, 0.4) is 0 Å². The molecule has 2 atom stereocenters. The Morgan fingerprint density at radius 1 is 1.33 bits per heavy atom. The summed E-state index contributed by atoms with van der Waals surface area (Å²) in [6.07, 6.45) is 0.758. The summed E-state index contributed by atoms with van der Waals surface area (Å²) >= 11 is 0. The molecule has 1 aromatic rings. The first-order valence-corrected chi connectivity index (χ1v) is 6.35. The number of nitrogens with two attached hydrogens (primary N) is 1. The van der Waals surface area contributed by atoms with Crippen molar-refractivity contribution in [3.05, 3.63) is 29.6 Å². The summed E-state index contributed by atoms with van der Waals surface area (Å²) in [6.45, 7) is 8.67. The van der Waals surface area contributed by atoms with E-state index < -0.39 is 0 Å². The topological polar surface area (TPSA) is 35.2 Å². The summed E-state index contributed by atoms with van der Waals surface area (Å²) in [5.41, 5.74) is 6.83. The predicted octanol–water partition coefficient (Wildman–Crippen LogP) is 3.91. The Balaban J connectivity index is 2.88. The molecule has 1 rings (SSSR count). The van der Waals surface area contributed by atoms with Crippen molar-refractivity contribution in [1.82, 2.24) is 0 Å². The number of benzene rings is 1. The van der Waals surface area contributed by atoms with Crippen LogP contribution >= 0.6 is 0 Å². The monoisotopic (exact) mass is 253 g/mol. The standard InChI is InChI=1S/C15H24FNO/c1-10(15(2,3)4)9-12(17)11-7-6-8-13(18-5)14(11)16/h6-8,10,12H,9,17H2,1-5H3. The molecule has 0 saturated heterocycles. The van der Waals surface area contributed by atoms with Crippen LogP contribution < -0.4 is 10.5 Å². The highest BCUT2D eigenvalue weighted by molar-refractivity contribution is 5.32. The molecule has 18 heavy (non-hydrogen) atoms. The highest BCUT2D eigenvalue weighted by atomic mass is 19.1. The summed E-state index contributed by atoms with van der Waals surface area (Å²) in [7, 11) is 1.46. The maximum absolute atomic E-state index is 14.1. The molecule has 1 aromatic carbocycles. The first-order chi connectivity index (χ1) is 8.27. The van der Waals surface area contributed by atoms with Crippen LogP contribution in [0.4, 0.5) is 4.39 Å². The third kappa shape index (κ3) is 3.45. The molecule has 0 heterocycles. The summed E-state index contributed by atoms with van der Waals surface area (Å²) in [5, 5.41) is 0. The van der Waals surface area contributed by atoms with Gasteiger partial charge < -0.3 is 10.5 Å². The van der Waals surface area contributed by atoms with Crippen molar-refractivity contribution >= 4 is 0 Å². The van der Waals surface area contributed by atoms with E-state index in [0.29, 0.717) is 11.5 Å². The van der Waals surface area contributed by atoms with E-state index in [0.717, 1.165) is 6.42 Å². The molecular weight excluding hydrogens is 229 g/mol. The van der Waals surface area contributed by atoms with Crippen LogP contribution in [0.1, 0.15) is 45.7 Å². The van der Waals surface area contributed by atoms with E-state index in [4.69, 9.17) is 10.5 Å². The number of halogens is 1. The van der Waals surface area contributed by atoms with Gasteiger partial charge in [-0.05, 0) is 23.8 Å². The minimum atomic E-state index is -0.339. The smallest absolute Gasteiger partial charge is 0.169 e. The molecule has 0 fully saturated rings. The second-order valence-corrected chi connectivity index (χ2v) is 5.97. The van der Waals surface area contributed by atoms with Crippen molar-refractivity contribution in [3.63, 3.8) is 0 Å². The Hall–Kier alpha value is -1.09. The molecule has 0 aliphatic heterocycles. The van der Waals surface area contributed by atoms with E-state index in [9.17, 15) is 4.39 Å². The SMILES string of the molecule is COc1cccc(C(N)CC(C)C(C)(C)C)c1F. The van der Waals surface area contributed by atoms with Crippen LogP contribution in [-0.2, 0) is 0 Å². The summed E-state index contributed by atoms with van der Waals surface area (Å²) < 4.78 is 19.0. The fraction of sp³-hybridized carbons (Fsp3) is 0.600. The largest absolute Gasteiger partial charge is 0.494 e. The molecule has 2 nitrogen and oxygen atoms in total. The zero-order chi connectivity index (χ0) is 13.9. The average Bonchev–Trinajstić information content (AvgIpc) is 2.27. The highest BCUT2D eigenvalue weighted by Gasteiger charge is 2.24. The first kappa shape index (κ1) is 15.0. The van der Waals surface area contributed by atoms with Gasteiger partial charge in [0.05, 0.1) is 7.11 Å². The van der Waals surface area contributed by atoms with E-state index in [1.807, 2.05) is 0 Å². The maximum atomic E-state index is 14.1. The zero-order valence-corrected chi connectivity index (χ0v) is 12.0. The van der Waals surface area contributed by atoms with Gasteiger partial charge >= 0.3 is 0 Å². The fourth-order valence-corrected chi connectivity index (χ4v) is 1.83. The van der Waals surface area contributed by atoms with Gasteiger partial charge in [0.25, 0.3) is 0 Å². The molecule has 0 bridgehead atoms. The Bertz CT molecular complexity index is 398. The van der Waals surface area contributed by atoms with Crippen molar-refractivity contribution < 1.29 is 9.13 Å². The van der Waals surface area contributed by atoms with Crippen molar-refractivity contribution in [2.75, 3.05) is 7.11 Å². The second kappa shape index (κ2) is 5.70. The van der Waals surface area contributed by atoms with Gasteiger partial charge in [-0.15, -0.1) is 0 Å². The molecule has 0 radical (unpaired) electrons. The van der Waals surface area contributed by atoms with E-state index in [1.54, 1.807) is 18.2 Å². The molecule has 0 saturated carbocycles. The lowest BCUT2D eigenvalue weighted by Crippen LogP contribution is -2.23. The van der Waals surface area contributed by atoms with Gasteiger partial charge in [-0.2, -0.15) is 0 Å². The van der Waals surface area contributed by atoms with E-state index >= 15 is 0 Å². The van der Waals surface area contributed by atoms with Gasteiger partial charge in [-0.25, -0.2) is 4.39 Å². The molecule has 0 amide bonds.